The van der Waals surface area contributed by atoms with E-state index in [0.717, 1.165) is 6.07 Å². The van der Waals surface area contributed by atoms with Crippen molar-refractivity contribution in [1.29, 1.82) is 0 Å². The Morgan fingerprint density at radius 1 is 1.20 bits per heavy atom. The lowest BCUT2D eigenvalue weighted by atomic mass is 10.1. The zero-order valence-electron chi connectivity index (χ0n) is 11.0. The van der Waals surface area contributed by atoms with Gasteiger partial charge in [-0.1, -0.05) is 12.1 Å². The number of amides is 1. The number of hydrogen-bond acceptors (Lipinski definition) is 2. The standard InChI is InChI=1S/C15H13F2NO2/c1-9-4-3-5-11(14(9)17)15(19)18-10-6-7-13(20-2)12(16)8-10/h3-8H,1-2H3,(H,18,19). The maximum absolute atomic E-state index is 13.8. The fourth-order valence-electron chi connectivity index (χ4n) is 1.77. The van der Waals surface area contributed by atoms with E-state index in [9.17, 15) is 13.6 Å². The molecule has 5 heteroatoms. The van der Waals surface area contributed by atoms with Crippen molar-refractivity contribution in [2.24, 2.45) is 0 Å². The van der Waals surface area contributed by atoms with Crippen LogP contribution >= 0.6 is 0 Å². The van der Waals surface area contributed by atoms with E-state index < -0.39 is 17.5 Å². The fourth-order valence-corrected chi connectivity index (χ4v) is 1.77. The van der Waals surface area contributed by atoms with Gasteiger partial charge in [-0.3, -0.25) is 4.79 Å². The molecule has 2 rings (SSSR count). The van der Waals surface area contributed by atoms with E-state index in [1.807, 2.05) is 0 Å². The van der Waals surface area contributed by atoms with Gasteiger partial charge < -0.3 is 10.1 Å². The lowest BCUT2D eigenvalue weighted by molar-refractivity contribution is 0.102. The molecular weight excluding hydrogens is 264 g/mol. The predicted octanol–water partition coefficient (Wildman–Crippen LogP) is 3.53. The van der Waals surface area contributed by atoms with Crippen molar-refractivity contribution in [3.05, 3.63) is 59.2 Å². The van der Waals surface area contributed by atoms with Crippen LogP contribution in [-0.2, 0) is 0 Å². The molecule has 20 heavy (non-hydrogen) atoms. The second kappa shape index (κ2) is 5.69. The van der Waals surface area contributed by atoms with E-state index in [4.69, 9.17) is 4.74 Å². The van der Waals surface area contributed by atoms with Crippen LogP contribution in [0.2, 0.25) is 0 Å². The fraction of sp³-hybridized carbons (Fsp3) is 0.133. The number of methoxy groups -OCH3 is 1. The second-order valence-corrected chi connectivity index (χ2v) is 4.24. The van der Waals surface area contributed by atoms with Gasteiger partial charge in [-0.05, 0) is 30.7 Å². The highest BCUT2D eigenvalue weighted by molar-refractivity contribution is 6.04. The smallest absolute Gasteiger partial charge is 0.258 e. The third kappa shape index (κ3) is 2.77. The predicted molar refractivity (Wildman–Crippen MR) is 72.0 cm³/mol. The third-order valence-electron chi connectivity index (χ3n) is 2.85. The van der Waals surface area contributed by atoms with E-state index in [1.165, 1.54) is 25.3 Å². The van der Waals surface area contributed by atoms with Crippen LogP contribution in [0.4, 0.5) is 14.5 Å². The minimum absolute atomic E-state index is 0.0738. The van der Waals surface area contributed by atoms with Gasteiger partial charge in [0, 0.05) is 11.8 Å². The van der Waals surface area contributed by atoms with Crippen molar-refractivity contribution < 1.29 is 18.3 Å². The molecule has 3 nitrogen and oxygen atoms in total. The van der Waals surface area contributed by atoms with Gasteiger partial charge in [0.05, 0.1) is 12.7 Å². The summed E-state index contributed by atoms with van der Waals surface area (Å²) in [5, 5.41) is 2.44. The Morgan fingerprint density at radius 3 is 2.60 bits per heavy atom. The number of carbonyl (C=O) groups excluding carboxylic acids is 1. The molecule has 104 valence electrons. The number of carbonyl (C=O) groups is 1. The summed E-state index contributed by atoms with van der Waals surface area (Å²) in [4.78, 5) is 11.9. The molecule has 0 aliphatic heterocycles. The molecule has 0 fully saturated rings. The molecule has 0 aromatic heterocycles. The highest BCUT2D eigenvalue weighted by atomic mass is 19.1. The quantitative estimate of drug-likeness (QED) is 0.932. The molecule has 0 bridgehead atoms. The van der Waals surface area contributed by atoms with E-state index in [-0.39, 0.29) is 17.0 Å². The topological polar surface area (TPSA) is 38.3 Å². The monoisotopic (exact) mass is 277 g/mol. The molecule has 2 aromatic rings. The first-order valence-electron chi connectivity index (χ1n) is 5.93. The third-order valence-corrected chi connectivity index (χ3v) is 2.85. The van der Waals surface area contributed by atoms with Gasteiger partial charge in [0.1, 0.15) is 5.82 Å². The van der Waals surface area contributed by atoms with Crippen molar-refractivity contribution in [3.8, 4) is 5.75 Å². The Hall–Kier alpha value is -2.43. The molecule has 0 saturated heterocycles. The van der Waals surface area contributed by atoms with E-state index in [1.54, 1.807) is 19.1 Å². The highest BCUT2D eigenvalue weighted by Crippen LogP contribution is 2.21. The van der Waals surface area contributed by atoms with E-state index in [0.29, 0.717) is 5.56 Å². The summed E-state index contributed by atoms with van der Waals surface area (Å²) in [6, 6.07) is 8.51. The van der Waals surface area contributed by atoms with Crippen LogP contribution in [0.5, 0.6) is 5.75 Å². The molecular formula is C15H13F2NO2. The van der Waals surface area contributed by atoms with Crippen molar-refractivity contribution in [2.45, 2.75) is 6.92 Å². The number of benzene rings is 2. The molecule has 2 aromatic carbocycles. The van der Waals surface area contributed by atoms with Gasteiger partial charge >= 0.3 is 0 Å². The number of hydrogen-bond donors (Lipinski definition) is 1. The molecule has 1 amide bonds. The van der Waals surface area contributed by atoms with Crippen LogP contribution in [0.25, 0.3) is 0 Å². The molecule has 0 unspecified atom stereocenters. The van der Waals surface area contributed by atoms with Crippen molar-refractivity contribution in [2.75, 3.05) is 12.4 Å². The minimum atomic E-state index is -0.629. The van der Waals surface area contributed by atoms with E-state index in [2.05, 4.69) is 5.32 Å². The Bertz CT molecular complexity index is 656. The first-order valence-corrected chi connectivity index (χ1v) is 5.93. The van der Waals surface area contributed by atoms with Gasteiger partial charge in [-0.25, -0.2) is 8.78 Å². The molecule has 0 atom stereocenters. The molecule has 0 radical (unpaired) electrons. The van der Waals surface area contributed by atoms with Gasteiger partial charge in [-0.2, -0.15) is 0 Å². The lowest BCUT2D eigenvalue weighted by Crippen LogP contribution is -2.14. The molecule has 0 aliphatic rings. The highest BCUT2D eigenvalue weighted by Gasteiger charge is 2.14. The SMILES string of the molecule is COc1ccc(NC(=O)c2cccc(C)c2F)cc1F. The summed E-state index contributed by atoms with van der Waals surface area (Å²) in [6.07, 6.45) is 0. The average molecular weight is 277 g/mol. The van der Waals surface area contributed by atoms with Crippen LogP contribution in [0.1, 0.15) is 15.9 Å². The Morgan fingerprint density at radius 2 is 1.95 bits per heavy atom. The van der Waals surface area contributed by atoms with E-state index >= 15 is 0 Å². The Balaban J connectivity index is 2.24. The first-order chi connectivity index (χ1) is 9.52. The minimum Gasteiger partial charge on any atom is -0.494 e. The summed E-state index contributed by atoms with van der Waals surface area (Å²) in [6.45, 7) is 1.57. The molecule has 0 saturated carbocycles. The maximum Gasteiger partial charge on any atom is 0.258 e. The summed E-state index contributed by atoms with van der Waals surface area (Å²) in [5.74, 6) is -1.74. The summed E-state index contributed by atoms with van der Waals surface area (Å²) in [5.41, 5.74) is 0.522. The molecule has 0 spiro atoms. The Labute approximate surface area is 115 Å². The zero-order chi connectivity index (χ0) is 14.7. The van der Waals surface area contributed by atoms with Crippen LogP contribution < -0.4 is 10.1 Å². The van der Waals surface area contributed by atoms with Gasteiger partial charge in [0.25, 0.3) is 5.91 Å². The summed E-state index contributed by atoms with van der Waals surface area (Å²) >= 11 is 0. The van der Waals surface area contributed by atoms with Crippen molar-refractivity contribution >= 4 is 11.6 Å². The lowest BCUT2D eigenvalue weighted by Gasteiger charge is -2.09. The van der Waals surface area contributed by atoms with Gasteiger partial charge in [0.2, 0.25) is 0 Å². The van der Waals surface area contributed by atoms with Crippen molar-refractivity contribution in [3.63, 3.8) is 0 Å². The van der Waals surface area contributed by atoms with Gasteiger partial charge in [-0.15, -0.1) is 0 Å². The average Bonchev–Trinajstić information content (AvgIpc) is 2.42. The number of nitrogens with one attached hydrogen (secondary N) is 1. The number of rotatable bonds is 3. The molecule has 0 aliphatic carbocycles. The Kier molecular flexibility index (Phi) is 3.98. The maximum atomic E-state index is 13.8. The summed E-state index contributed by atoms with van der Waals surface area (Å²) < 4.78 is 32.1. The normalized spacial score (nSPS) is 10.2. The van der Waals surface area contributed by atoms with Crippen LogP contribution in [0.3, 0.4) is 0 Å². The first kappa shape index (κ1) is 14.0. The van der Waals surface area contributed by atoms with Crippen LogP contribution in [0, 0.1) is 18.6 Å². The molecule has 0 heterocycles. The van der Waals surface area contributed by atoms with Crippen molar-refractivity contribution in [1.82, 2.24) is 0 Å². The second-order valence-electron chi connectivity index (χ2n) is 4.24. The number of aryl methyl sites for hydroxylation is 1. The van der Waals surface area contributed by atoms with Gasteiger partial charge in [0.15, 0.2) is 11.6 Å². The number of anilines is 1. The van der Waals surface area contributed by atoms with Crippen LogP contribution in [-0.4, -0.2) is 13.0 Å². The molecule has 1 N–H and O–H groups in total. The number of halogens is 2. The zero-order valence-corrected chi connectivity index (χ0v) is 11.0. The summed E-state index contributed by atoms with van der Waals surface area (Å²) in [7, 11) is 1.35. The van der Waals surface area contributed by atoms with Crippen LogP contribution in [0.15, 0.2) is 36.4 Å². The number of ether oxygens (including phenoxy) is 1. The largest absolute Gasteiger partial charge is 0.494 e.